The molecule has 0 spiro atoms. The quantitative estimate of drug-likeness (QED) is 0.304. The molecule has 0 aliphatic rings. The van der Waals surface area contributed by atoms with Gasteiger partial charge in [-0.3, -0.25) is 0 Å². The molecule has 16 heavy (non-hydrogen) atoms. The van der Waals surface area contributed by atoms with Crippen molar-refractivity contribution >= 4 is 35.7 Å². The molecule has 0 amide bonds. The topological polar surface area (TPSA) is 26.3 Å². The van der Waals surface area contributed by atoms with Crippen LogP contribution < -0.4 is 0 Å². The number of hydrogen-bond acceptors (Lipinski definition) is 3. The van der Waals surface area contributed by atoms with Gasteiger partial charge in [0.05, 0.1) is 6.61 Å². The van der Waals surface area contributed by atoms with Crippen LogP contribution >= 0.6 is 29.7 Å². The number of ether oxygens (including phenoxy) is 1. The molecule has 0 N–H and O–H groups in total. The van der Waals surface area contributed by atoms with Crippen molar-refractivity contribution in [1.29, 1.82) is 0 Å². The zero-order chi connectivity index (χ0) is 12.8. The molecule has 0 rings (SSSR count). The molecule has 0 radical (unpaired) electrons. The highest BCUT2D eigenvalue weighted by Gasteiger charge is 2.22. The second-order valence-electron chi connectivity index (χ2n) is 4.16. The van der Waals surface area contributed by atoms with E-state index in [0.29, 0.717) is 17.4 Å². The van der Waals surface area contributed by atoms with Crippen LogP contribution in [0, 0.1) is 0 Å². The van der Waals surface area contributed by atoms with Gasteiger partial charge >= 0.3 is 5.97 Å². The van der Waals surface area contributed by atoms with Crippen molar-refractivity contribution in [3.63, 3.8) is 0 Å². The van der Waals surface area contributed by atoms with Crippen molar-refractivity contribution < 1.29 is 9.53 Å². The van der Waals surface area contributed by atoms with Crippen LogP contribution in [0.1, 0.15) is 27.2 Å². The lowest BCUT2D eigenvalue weighted by Crippen LogP contribution is -2.13. The zero-order valence-electron chi connectivity index (χ0n) is 10.4. The normalized spacial score (nSPS) is 16.6. The standard InChI is InChI=1S/C11H21ClO2S2/c1-9(2)11(13)14-7-6-8-16(5,15-12)10(3)4/h10H,1,6-8H2,2-5H3. The maximum Gasteiger partial charge on any atom is 0.333 e. The molecule has 0 heterocycles. The Hall–Kier alpha value is 0.200. The Bertz CT molecular complexity index is 256. The van der Waals surface area contributed by atoms with E-state index in [1.54, 1.807) is 6.92 Å². The fraction of sp³-hybridized carbons (Fsp3) is 0.727. The highest BCUT2D eigenvalue weighted by molar-refractivity contribution is 9.00. The first-order valence-corrected chi connectivity index (χ1v) is 9.64. The predicted octanol–water partition coefficient (Wildman–Crippen LogP) is 4.14. The Morgan fingerprint density at radius 3 is 2.50 bits per heavy atom. The number of carbonyl (C=O) groups excluding carboxylic acids is 1. The Kier molecular flexibility index (Phi) is 7.61. The van der Waals surface area contributed by atoms with E-state index >= 15 is 0 Å². The minimum atomic E-state index is -0.843. The van der Waals surface area contributed by atoms with Gasteiger partial charge in [-0.2, -0.15) is 9.06 Å². The van der Waals surface area contributed by atoms with E-state index < -0.39 is 9.06 Å². The Balaban J connectivity index is 3.89. The lowest BCUT2D eigenvalue weighted by atomic mass is 10.4. The van der Waals surface area contributed by atoms with Crippen LogP contribution in [0.3, 0.4) is 0 Å². The second-order valence-corrected chi connectivity index (χ2v) is 11.6. The average Bonchev–Trinajstić information content (AvgIpc) is 2.23. The molecule has 0 aliphatic heterocycles. The third kappa shape index (κ3) is 5.51. The van der Waals surface area contributed by atoms with Gasteiger partial charge < -0.3 is 4.74 Å². The van der Waals surface area contributed by atoms with Gasteiger partial charge in [-0.05, 0) is 51.3 Å². The Morgan fingerprint density at radius 2 is 2.12 bits per heavy atom. The maximum absolute atomic E-state index is 11.1. The van der Waals surface area contributed by atoms with Crippen LogP contribution in [0.2, 0.25) is 0 Å². The number of rotatable bonds is 7. The molecular weight excluding hydrogens is 264 g/mol. The molecular formula is C11H21ClO2S2. The van der Waals surface area contributed by atoms with Crippen LogP contribution in [-0.4, -0.2) is 29.8 Å². The summed E-state index contributed by atoms with van der Waals surface area (Å²) in [7, 11) is 6.53. The summed E-state index contributed by atoms with van der Waals surface area (Å²) in [6.07, 6.45) is 3.08. The molecule has 1 atom stereocenters. The molecule has 0 aliphatic carbocycles. The molecule has 0 saturated heterocycles. The van der Waals surface area contributed by atoms with Crippen LogP contribution in [-0.2, 0) is 9.53 Å². The lowest BCUT2D eigenvalue weighted by Gasteiger charge is -2.36. The van der Waals surface area contributed by atoms with Gasteiger partial charge in [0, 0.05) is 5.57 Å². The van der Waals surface area contributed by atoms with Crippen molar-refractivity contribution in [2.24, 2.45) is 0 Å². The second kappa shape index (κ2) is 7.51. The van der Waals surface area contributed by atoms with Crippen molar-refractivity contribution in [1.82, 2.24) is 0 Å². The number of halogens is 1. The molecule has 0 bridgehead atoms. The van der Waals surface area contributed by atoms with Gasteiger partial charge in [0.2, 0.25) is 0 Å². The third-order valence-electron chi connectivity index (χ3n) is 2.42. The maximum atomic E-state index is 11.1. The van der Waals surface area contributed by atoms with Gasteiger partial charge in [-0.25, -0.2) is 4.79 Å². The monoisotopic (exact) mass is 284 g/mol. The molecule has 2 nitrogen and oxygen atoms in total. The fourth-order valence-corrected chi connectivity index (χ4v) is 5.20. The summed E-state index contributed by atoms with van der Waals surface area (Å²) in [5.74, 6) is 0.710. The smallest absolute Gasteiger partial charge is 0.333 e. The molecule has 0 fully saturated rings. The van der Waals surface area contributed by atoms with Crippen molar-refractivity contribution in [3.05, 3.63) is 12.2 Å². The van der Waals surface area contributed by atoms with E-state index in [0.717, 1.165) is 12.2 Å². The first-order chi connectivity index (χ1) is 7.33. The molecule has 0 saturated carbocycles. The minimum Gasteiger partial charge on any atom is -0.462 e. The third-order valence-corrected chi connectivity index (χ3v) is 10.9. The Labute approximate surface area is 108 Å². The van der Waals surface area contributed by atoms with Gasteiger partial charge in [-0.15, -0.1) is 0 Å². The van der Waals surface area contributed by atoms with Crippen LogP contribution in [0.4, 0.5) is 0 Å². The fourth-order valence-electron chi connectivity index (χ4n) is 0.974. The van der Waals surface area contributed by atoms with Gasteiger partial charge in [0.25, 0.3) is 0 Å². The molecule has 96 valence electrons. The van der Waals surface area contributed by atoms with Crippen LogP contribution in [0.5, 0.6) is 0 Å². The molecule has 1 unspecified atom stereocenters. The Morgan fingerprint density at radius 1 is 1.56 bits per heavy atom. The van der Waals surface area contributed by atoms with Crippen molar-refractivity contribution in [2.75, 3.05) is 18.6 Å². The highest BCUT2D eigenvalue weighted by atomic mass is 35.7. The summed E-state index contributed by atoms with van der Waals surface area (Å²) in [4.78, 5) is 11.1. The predicted molar refractivity (Wildman–Crippen MR) is 77.4 cm³/mol. The van der Waals surface area contributed by atoms with E-state index in [4.69, 9.17) is 15.4 Å². The highest BCUT2D eigenvalue weighted by Crippen LogP contribution is 2.62. The van der Waals surface area contributed by atoms with Crippen LogP contribution in [0.25, 0.3) is 0 Å². The van der Waals surface area contributed by atoms with Gasteiger partial charge in [0.1, 0.15) is 0 Å². The minimum absolute atomic E-state index is 0.306. The van der Waals surface area contributed by atoms with Crippen LogP contribution in [0.15, 0.2) is 12.2 Å². The van der Waals surface area contributed by atoms with Gasteiger partial charge in [0.15, 0.2) is 0 Å². The van der Waals surface area contributed by atoms with Crippen molar-refractivity contribution in [3.8, 4) is 0 Å². The number of esters is 1. The van der Waals surface area contributed by atoms with E-state index in [2.05, 4.69) is 26.7 Å². The van der Waals surface area contributed by atoms with E-state index in [-0.39, 0.29) is 5.97 Å². The lowest BCUT2D eigenvalue weighted by molar-refractivity contribution is -0.138. The molecule has 0 aromatic rings. The molecule has 0 aromatic heterocycles. The van der Waals surface area contributed by atoms with E-state index in [9.17, 15) is 4.79 Å². The summed E-state index contributed by atoms with van der Waals surface area (Å²) >= 11 is 0. The molecule has 5 heteroatoms. The zero-order valence-corrected chi connectivity index (χ0v) is 12.8. The largest absolute Gasteiger partial charge is 0.462 e. The number of hydrogen-bond donors (Lipinski definition) is 0. The summed E-state index contributed by atoms with van der Waals surface area (Å²) in [5, 5.41) is 0.576. The van der Waals surface area contributed by atoms with Gasteiger partial charge in [-0.1, -0.05) is 20.4 Å². The average molecular weight is 285 g/mol. The summed E-state index contributed by atoms with van der Waals surface area (Å²) in [6.45, 7) is 10.0. The van der Waals surface area contributed by atoms with E-state index in [1.165, 1.54) is 10.0 Å². The van der Waals surface area contributed by atoms with E-state index in [1.807, 2.05) is 0 Å². The first-order valence-electron chi connectivity index (χ1n) is 5.21. The molecule has 0 aromatic carbocycles. The van der Waals surface area contributed by atoms with Crippen molar-refractivity contribution in [2.45, 2.75) is 32.4 Å². The first kappa shape index (κ1) is 16.2. The summed E-state index contributed by atoms with van der Waals surface area (Å²) in [6, 6.07) is 0. The SMILES string of the molecule is C=C(C)C(=O)OCCCS(C)(SCl)C(C)C. The summed E-state index contributed by atoms with van der Waals surface area (Å²) < 4.78 is 5.05. The number of carbonyl (C=O) groups is 1. The summed E-state index contributed by atoms with van der Waals surface area (Å²) in [5.41, 5.74) is 0.450.